The third-order valence-corrected chi connectivity index (χ3v) is 3.82. The van der Waals surface area contributed by atoms with Gasteiger partial charge in [0.15, 0.2) is 0 Å². The van der Waals surface area contributed by atoms with Gasteiger partial charge in [-0.05, 0) is 5.56 Å². The molecule has 17 heavy (non-hydrogen) atoms. The summed E-state index contributed by atoms with van der Waals surface area (Å²) in [7, 11) is 0. The number of anilines is 1. The van der Waals surface area contributed by atoms with E-state index in [0.717, 1.165) is 31.8 Å². The van der Waals surface area contributed by atoms with Crippen molar-refractivity contribution in [2.24, 2.45) is 0 Å². The molecule has 0 radical (unpaired) electrons. The van der Waals surface area contributed by atoms with Gasteiger partial charge >= 0.3 is 64.9 Å². The third-order valence-electron chi connectivity index (χ3n) is 1.99. The van der Waals surface area contributed by atoms with Crippen LogP contribution in [-0.2, 0) is 26.1 Å². The van der Waals surface area contributed by atoms with Gasteiger partial charge in [-0.25, -0.2) is 0 Å². The minimum absolute atomic E-state index is 0.220. The van der Waals surface area contributed by atoms with E-state index in [4.69, 9.17) is 5.73 Å². The van der Waals surface area contributed by atoms with Crippen LogP contribution in [0.15, 0.2) is 54.6 Å². The molecule has 2 aromatic carbocycles. The summed E-state index contributed by atoms with van der Waals surface area (Å²) in [5.74, 6) is -1.13. The first-order valence-electron chi connectivity index (χ1n) is 5.03. The molecular formula is C13H11HgNO2. The number of carbonyl (C=O) groups excluding carboxylic acids is 1. The van der Waals surface area contributed by atoms with Gasteiger partial charge in [0, 0.05) is 0 Å². The van der Waals surface area contributed by atoms with Gasteiger partial charge in [-0.15, -0.1) is 0 Å². The van der Waals surface area contributed by atoms with Gasteiger partial charge < -0.3 is 9.90 Å². The monoisotopic (exact) mass is 415 g/mol. The smallest absolute Gasteiger partial charge is 0.0715 e. The molecule has 0 aliphatic heterocycles. The minimum atomic E-state index is -1.13. The van der Waals surface area contributed by atoms with E-state index in [1.807, 2.05) is 12.1 Å². The first-order valence-corrected chi connectivity index (χ1v) is 7.78. The minimum Gasteiger partial charge on any atom is -0.545 e. The zero-order valence-corrected chi connectivity index (χ0v) is 14.8. The Bertz CT molecular complexity index is 448. The van der Waals surface area contributed by atoms with E-state index in [9.17, 15) is 9.90 Å². The number of rotatable bonds is 1. The number of hydrogen-bond acceptors (Lipinski definition) is 3. The van der Waals surface area contributed by atoms with E-state index in [1.165, 1.54) is 15.2 Å². The standard InChI is InChI=1S/C7H6O2.C6H6N.Hg/c8-7(9)6-4-2-1-3-5-6;7-6-4-2-1-3-5-6;/h1-5H,(H,8,9);2-5H,7H2;/q;;+1/p-1. The van der Waals surface area contributed by atoms with Crippen LogP contribution in [0.25, 0.3) is 0 Å². The average Bonchev–Trinajstić information content (AvgIpc) is 2.35. The van der Waals surface area contributed by atoms with Gasteiger partial charge in [-0.1, -0.05) is 30.3 Å². The molecule has 0 bridgehead atoms. The molecule has 0 spiro atoms. The number of nitrogen functional groups attached to an aromatic ring is 1. The second kappa shape index (κ2) is 7.07. The number of hydrogen-bond donors (Lipinski definition) is 1. The summed E-state index contributed by atoms with van der Waals surface area (Å²) < 4.78 is 1.44. The van der Waals surface area contributed by atoms with E-state index in [0.29, 0.717) is 0 Å². The fraction of sp³-hybridized carbons (Fsp3) is 0. The molecule has 0 unspecified atom stereocenters. The molecule has 0 saturated heterocycles. The Morgan fingerprint density at radius 1 is 1.00 bits per heavy atom. The Morgan fingerprint density at radius 3 is 1.88 bits per heavy atom. The van der Waals surface area contributed by atoms with Crippen LogP contribution in [0.3, 0.4) is 0 Å². The number of carboxylic acid groups (broad SMARTS) is 1. The topological polar surface area (TPSA) is 66.2 Å². The SMILES string of the molecule is Nc1cc[c]([Hg+])cc1.O=C([O-])c1ccccc1. The molecule has 0 atom stereocenters. The third kappa shape index (κ3) is 5.49. The summed E-state index contributed by atoms with van der Waals surface area (Å²) in [6.07, 6.45) is 0. The Balaban J connectivity index is 0.000000171. The van der Waals surface area contributed by atoms with Gasteiger partial charge in [0.25, 0.3) is 0 Å². The largest absolute Gasteiger partial charge is 0.545 e. The molecule has 4 heteroatoms. The van der Waals surface area contributed by atoms with Gasteiger partial charge in [0.1, 0.15) is 0 Å². The predicted molar refractivity (Wildman–Crippen MR) is 61.3 cm³/mol. The van der Waals surface area contributed by atoms with Crippen LogP contribution in [0.4, 0.5) is 5.69 Å². The zero-order valence-electron chi connectivity index (χ0n) is 9.30. The van der Waals surface area contributed by atoms with Crippen LogP contribution in [0.5, 0.6) is 0 Å². The molecule has 82 valence electrons. The van der Waals surface area contributed by atoms with Gasteiger partial charge in [-0.3, -0.25) is 0 Å². The van der Waals surface area contributed by atoms with Crippen molar-refractivity contribution in [2.75, 3.05) is 5.73 Å². The maximum Gasteiger partial charge on any atom is 0.0715 e. The average molecular weight is 414 g/mol. The maximum atomic E-state index is 10.1. The van der Waals surface area contributed by atoms with Crippen molar-refractivity contribution in [1.29, 1.82) is 0 Å². The predicted octanol–water partition coefficient (Wildman–Crippen LogP) is 0.491. The quantitative estimate of drug-likeness (QED) is 0.546. The first kappa shape index (κ1) is 13.7. The maximum absolute atomic E-state index is 10.1. The number of nitrogens with two attached hydrogens (primary N) is 1. The molecule has 2 N–H and O–H groups in total. The van der Waals surface area contributed by atoms with E-state index < -0.39 is 5.97 Å². The fourth-order valence-electron chi connectivity index (χ4n) is 1.09. The van der Waals surface area contributed by atoms with Crippen LogP contribution in [0.1, 0.15) is 10.4 Å². The second-order valence-electron chi connectivity index (χ2n) is 3.40. The van der Waals surface area contributed by atoms with E-state index in [2.05, 4.69) is 12.1 Å². The van der Waals surface area contributed by atoms with Gasteiger partial charge in [-0.2, -0.15) is 0 Å². The number of carbonyl (C=O) groups is 1. The Morgan fingerprint density at radius 2 is 1.53 bits per heavy atom. The zero-order chi connectivity index (χ0) is 12.7. The van der Waals surface area contributed by atoms with Crippen molar-refractivity contribution in [3.05, 3.63) is 60.2 Å². The van der Waals surface area contributed by atoms with Crippen LogP contribution in [0.2, 0.25) is 0 Å². The first-order chi connectivity index (χ1) is 8.09. The molecule has 0 saturated carbocycles. The molecule has 0 aromatic heterocycles. The van der Waals surface area contributed by atoms with Crippen molar-refractivity contribution in [3.63, 3.8) is 0 Å². The number of aromatic carboxylic acids is 1. The summed E-state index contributed by atoms with van der Waals surface area (Å²) in [6, 6.07) is 16.1. The van der Waals surface area contributed by atoms with Crippen LogP contribution >= 0.6 is 0 Å². The van der Waals surface area contributed by atoms with Crippen molar-refractivity contribution in [2.45, 2.75) is 0 Å². The molecule has 0 amide bonds. The number of benzene rings is 2. The van der Waals surface area contributed by atoms with Gasteiger partial charge in [0.2, 0.25) is 0 Å². The van der Waals surface area contributed by atoms with Crippen molar-refractivity contribution < 1.29 is 36.0 Å². The molecule has 2 rings (SSSR count). The van der Waals surface area contributed by atoms with Crippen LogP contribution in [0, 0.1) is 0 Å². The molecule has 0 aliphatic rings. The second-order valence-corrected chi connectivity index (χ2v) is 6.57. The summed E-state index contributed by atoms with van der Waals surface area (Å²) in [5, 5.41) is 10.1. The summed E-state index contributed by atoms with van der Waals surface area (Å²) >= 11 is 0.746. The van der Waals surface area contributed by atoms with Gasteiger partial charge in [0.05, 0.1) is 5.97 Å². The molecule has 3 nitrogen and oxygen atoms in total. The molecule has 0 aliphatic carbocycles. The summed E-state index contributed by atoms with van der Waals surface area (Å²) in [5.41, 5.74) is 6.53. The van der Waals surface area contributed by atoms with Crippen molar-refractivity contribution >= 4 is 14.7 Å². The molecular weight excluding hydrogens is 403 g/mol. The molecule has 0 heterocycles. The van der Waals surface area contributed by atoms with Crippen molar-refractivity contribution in [1.82, 2.24) is 0 Å². The normalized spacial score (nSPS) is 9.06. The summed E-state index contributed by atoms with van der Waals surface area (Å²) in [6.45, 7) is 0. The molecule has 2 aromatic rings. The summed E-state index contributed by atoms with van der Waals surface area (Å²) in [4.78, 5) is 10.1. The Hall–Kier alpha value is -1.35. The molecule has 0 fully saturated rings. The van der Waals surface area contributed by atoms with Crippen molar-refractivity contribution in [3.8, 4) is 0 Å². The van der Waals surface area contributed by atoms with Crippen LogP contribution < -0.4 is 13.9 Å². The fourth-order valence-corrected chi connectivity index (χ4v) is 2.01. The number of carboxylic acids is 1. The van der Waals surface area contributed by atoms with E-state index in [-0.39, 0.29) is 5.56 Å². The van der Waals surface area contributed by atoms with Crippen LogP contribution in [-0.4, -0.2) is 5.97 Å². The Kier molecular flexibility index (Phi) is 5.70. The van der Waals surface area contributed by atoms with E-state index in [1.54, 1.807) is 18.2 Å². The Labute approximate surface area is 116 Å². The van der Waals surface area contributed by atoms with E-state index >= 15 is 0 Å².